The van der Waals surface area contributed by atoms with Gasteiger partial charge in [-0.3, -0.25) is 4.79 Å². The summed E-state index contributed by atoms with van der Waals surface area (Å²) >= 11 is 0. The Bertz CT molecular complexity index is 389. The number of carbonyl (C=O) groups excluding carboxylic acids is 1. The molecular formula is C12H16N2O3. The van der Waals surface area contributed by atoms with Crippen LogP contribution in [-0.2, 0) is 20.7 Å². The molecule has 2 heterocycles. The highest BCUT2D eigenvalue weighted by Gasteiger charge is 2.18. The van der Waals surface area contributed by atoms with E-state index in [2.05, 4.69) is 14.7 Å². The number of aromatic nitrogens is 2. The molecule has 0 bridgehead atoms. The number of carbonyl (C=O) groups is 1. The summed E-state index contributed by atoms with van der Waals surface area (Å²) < 4.78 is 9.92. The van der Waals surface area contributed by atoms with E-state index in [4.69, 9.17) is 4.74 Å². The molecule has 17 heavy (non-hydrogen) atoms. The van der Waals surface area contributed by atoms with Crippen LogP contribution in [-0.4, -0.2) is 36.3 Å². The molecule has 1 aromatic rings. The van der Waals surface area contributed by atoms with E-state index in [9.17, 15) is 4.79 Å². The van der Waals surface area contributed by atoms with Gasteiger partial charge >= 0.3 is 5.97 Å². The van der Waals surface area contributed by atoms with Gasteiger partial charge in [0.25, 0.3) is 0 Å². The van der Waals surface area contributed by atoms with Gasteiger partial charge in [-0.1, -0.05) is 0 Å². The van der Waals surface area contributed by atoms with Crippen LogP contribution in [0.15, 0.2) is 12.3 Å². The fourth-order valence-electron chi connectivity index (χ4n) is 1.92. The number of ether oxygens (including phenoxy) is 2. The largest absolute Gasteiger partial charge is 0.469 e. The van der Waals surface area contributed by atoms with E-state index in [-0.39, 0.29) is 12.4 Å². The molecule has 1 aliphatic rings. The van der Waals surface area contributed by atoms with Gasteiger partial charge < -0.3 is 9.47 Å². The lowest BCUT2D eigenvalue weighted by Crippen LogP contribution is -2.16. The quantitative estimate of drug-likeness (QED) is 0.735. The molecule has 1 aliphatic heterocycles. The first-order valence-electron chi connectivity index (χ1n) is 5.76. The molecule has 0 unspecified atom stereocenters. The van der Waals surface area contributed by atoms with E-state index in [1.807, 2.05) is 6.07 Å². The molecule has 1 aromatic heterocycles. The minimum absolute atomic E-state index is 0.132. The molecule has 2 rings (SSSR count). The van der Waals surface area contributed by atoms with Crippen molar-refractivity contribution in [3.63, 3.8) is 0 Å². The zero-order chi connectivity index (χ0) is 12.1. The third-order valence-corrected chi connectivity index (χ3v) is 2.90. The fourth-order valence-corrected chi connectivity index (χ4v) is 1.92. The first-order valence-corrected chi connectivity index (χ1v) is 5.76. The van der Waals surface area contributed by atoms with Crippen molar-refractivity contribution in [3.8, 4) is 0 Å². The van der Waals surface area contributed by atoms with E-state index in [0.29, 0.717) is 11.7 Å². The van der Waals surface area contributed by atoms with E-state index in [1.54, 1.807) is 6.20 Å². The molecule has 0 N–H and O–H groups in total. The maximum atomic E-state index is 11.1. The molecule has 0 atom stereocenters. The minimum Gasteiger partial charge on any atom is -0.469 e. The van der Waals surface area contributed by atoms with Crippen molar-refractivity contribution in [2.24, 2.45) is 0 Å². The smallest absolute Gasteiger partial charge is 0.313 e. The van der Waals surface area contributed by atoms with Crippen LogP contribution in [0.25, 0.3) is 0 Å². The molecule has 0 amide bonds. The highest BCUT2D eigenvalue weighted by molar-refractivity contribution is 5.71. The van der Waals surface area contributed by atoms with E-state index in [1.165, 1.54) is 7.11 Å². The number of hydrogen-bond donors (Lipinski definition) is 0. The van der Waals surface area contributed by atoms with Gasteiger partial charge in [-0.15, -0.1) is 0 Å². The summed E-state index contributed by atoms with van der Waals surface area (Å²) in [4.78, 5) is 19.6. The van der Waals surface area contributed by atoms with Gasteiger partial charge in [0.05, 0.1) is 7.11 Å². The van der Waals surface area contributed by atoms with E-state index < -0.39 is 0 Å². The summed E-state index contributed by atoms with van der Waals surface area (Å²) in [6.45, 7) is 1.56. The predicted molar refractivity (Wildman–Crippen MR) is 60.5 cm³/mol. The molecule has 0 aliphatic carbocycles. The first kappa shape index (κ1) is 12.0. The molecule has 0 saturated carbocycles. The Morgan fingerprint density at radius 1 is 1.53 bits per heavy atom. The third-order valence-electron chi connectivity index (χ3n) is 2.90. The average molecular weight is 236 g/mol. The summed E-state index contributed by atoms with van der Waals surface area (Å²) in [6, 6.07) is 1.91. The van der Waals surface area contributed by atoms with Gasteiger partial charge in [0.2, 0.25) is 0 Å². The van der Waals surface area contributed by atoms with Gasteiger partial charge in [0.1, 0.15) is 12.2 Å². The SMILES string of the molecule is COC(=O)Cc1nccc(C2CCOCC2)n1. The van der Waals surface area contributed by atoms with Crippen LogP contribution in [0.5, 0.6) is 0 Å². The second-order valence-electron chi connectivity index (χ2n) is 4.04. The molecule has 0 spiro atoms. The molecule has 5 nitrogen and oxygen atoms in total. The monoisotopic (exact) mass is 236 g/mol. The maximum absolute atomic E-state index is 11.1. The normalized spacial score (nSPS) is 16.8. The van der Waals surface area contributed by atoms with Crippen molar-refractivity contribution in [1.82, 2.24) is 9.97 Å². The third kappa shape index (κ3) is 3.23. The second-order valence-corrected chi connectivity index (χ2v) is 4.04. The Morgan fingerprint density at radius 3 is 3.00 bits per heavy atom. The summed E-state index contributed by atoms with van der Waals surface area (Å²) in [5.74, 6) is 0.637. The van der Waals surface area contributed by atoms with Crippen LogP contribution in [0.3, 0.4) is 0 Å². The molecule has 0 aromatic carbocycles. The van der Waals surface area contributed by atoms with Crippen LogP contribution in [0.2, 0.25) is 0 Å². The molecule has 92 valence electrons. The van der Waals surface area contributed by atoms with Crippen molar-refractivity contribution in [2.45, 2.75) is 25.2 Å². The molecule has 0 radical (unpaired) electrons. The van der Waals surface area contributed by atoms with Crippen molar-refractivity contribution in [1.29, 1.82) is 0 Å². The zero-order valence-electron chi connectivity index (χ0n) is 9.89. The van der Waals surface area contributed by atoms with E-state index >= 15 is 0 Å². The fraction of sp³-hybridized carbons (Fsp3) is 0.583. The van der Waals surface area contributed by atoms with Crippen molar-refractivity contribution >= 4 is 5.97 Å². The summed E-state index contributed by atoms with van der Waals surface area (Å²) in [7, 11) is 1.37. The second kappa shape index (κ2) is 5.72. The summed E-state index contributed by atoms with van der Waals surface area (Å²) in [6.07, 6.45) is 3.80. The maximum Gasteiger partial charge on any atom is 0.313 e. The average Bonchev–Trinajstić information content (AvgIpc) is 2.40. The van der Waals surface area contributed by atoms with Crippen molar-refractivity contribution in [2.75, 3.05) is 20.3 Å². The van der Waals surface area contributed by atoms with Crippen LogP contribution in [0.4, 0.5) is 0 Å². The number of nitrogens with zero attached hydrogens (tertiary/aromatic N) is 2. The Morgan fingerprint density at radius 2 is 2.29 bits per heavy atom. The Hall–Kier alpha value is -1.49. The van der Waals surface area contributed by atoms with Crippen LogP contribution in [0.1, 0.15) is 30.3 Å². The summed E-state index contributed by atoms with van der Waals surface area (Å²) in [5, 5.41) is 0. The molecule has 5 heteroatoms. The van der Waals surface area contributed by atoms with Gasteiger partial charge in [0.15, 0.2) is 0 Å². The van der Waals surface area contributed by atoms with Gasteiger partial charge in [-0.25, -0.2) is 9.97 Å². The van der Waals surface area contributed by atoms with Crippen molar-refractivity contribution in [3.05, 3.63) is 23.8 Å². The lowest BCUT2D eigenvalue weighted by Gasteiger charge is -2.21. The first-order chi connectivity index (χ1) is 8.29. The standard InChI is InChI=1S/C12H16N2O3/c1-16-12(15)8-11-13-5-2-10(14-11)9-3-6-17-7-4-9/h2,5,9H,3-4,6-8H2,1H3. The molecule has 1 saturated heterocycles. The van der Waals surface area contributed by atoms with Gasteiger partial charge in [-0.05, 0) is 18.9 Å². The number of methoxy groups -OCH3 is 1. The van der Waals surface area contributed by atoms with Gasteiger partial charge in [-0.2, -0.15) is 0 Å². The van der Waals surface area contributed by atoms with Crippen molar-refractivity contribution < 1.29 is 14.3 Å². The Labute approximate surface area is 100 Å². The Balaban J connectivity index is 2.07. The van der Waals surface area contributed by atoms with Crippen LogP contribution >= 0.6 is 0 Å². The van der Waals surface area contributed by atoms with E-state index in [0.717, 1.165) is 31.7 Å². The highest BCUT2D eigenvalue weighted by Crippen LogP contribution is 2.24. The predicted octanol–water partition coefficient (Wildman–Crippen LogP) is 1.09. The topological polar surface area (TPSA) is 61.3 Å². The molecular weight excluding hydrogens is 220 g/mol. The summed E-state index contributed by atoms with van der Waals surface area (Å²) in [5.41, 5.74) is 1.00. The van der Waals surface area contributed by atoms with Gasteiger partial charge in [0, 0.05) is 31.0 Å². The number of esters is 1. The van der Waals surface area contributed by atoms with Crippen LogP contribution in [0, 0.1) is 0 Å². The molecule has 1 fully saturated rings. The number of rotatable bonds is 3. The Kier molecular flexibility index (Phi) is 4.03. The lowest BCUT2D eigenvalue weighted by atomic mass is 9.96. The van der Waals surface area contributed by atoms with Crippen LogP contribution < -0.4 is 0 Å². The highest BCUT2D eigenvalue weighted by atomic mass is 16.5. The zero-order valence-corrected chi connectivity index (χ0v) is 9.89. The minimum atomic E-state index is -0.311. The lowest BCUT2D eigenvalue weighted by molar-refractivity contribution is -0.139. The number of hydrogen-bond acceptors (Lipinski definition) is 5.